The molecule has 0 aliphatic carbocycles. The van der Waals surface area contributed by atoms with E-state index in [0.29, 0.717) is 30.5 Å². The van der Waals surface area contributed by atoms with E-state index in [4.69, 9.17) is 32.7 Å². The highest BCUT2D eigenvalue weighted by Gasteiger charge is 2.26. The standard InChI is InChI=1S/C24H25BCl2N2O2/c1-2-17(23-30-13-14-31-23)16-29-12-11-28-24(29)25-20(19-8-4-6-10-22(19)27)15-18-7-3-5-9-21(18)26/h3-12,15,17,23,25H,2,13-14,16H2,1H3. The van der Waals surface area contributed by atoms with Crippen LogP contribution in [0.25, 0.3) is 11.5 Å². The maximum atomic E-state index is 6.56. The van der Waals surface area contributed by atoms with Gasteiger partial charge in [0.05, 0.1) is 18.9 Å². The second-order valence-corrected chi connectivity index (χ2v) is 8.44. The zero-order valence-corrected chi connectivity index (χ0v) is 19.0. The monoisotopic (exact) mass is 454 g/mol. The minimum absolute atomic E-state index is 0.151. The lowest BCUT2D eigenvalue weighted by atomic mass is 9.65. The van der Waals surface area contributed by atoms with Crippen LogP contribution in [0.5, 0.6) is 0 Å². The summed E-state index contributed by atoms with van der Waals surface area (Å²) in [4.78, 5) is 4.65. The van der Waals surface area contributed by atoms with Gasteiger partial charge >= 0.3 is 0 Å². The SMILES string of the molecule is CCC(Cn1ccnc1BC(=Cc1ccccc1Cl)c1ccccc1Cl)C1OCCO1. The topological polar surface area (TPSA) is 36.3 Å². The van der Waals surface area contributed by atoms with Gasteiger partial charge in [-0.15, -0.1) is 0 Å². The highest BCUT2D eigenvalue weighted by atomic mass is 35.5. The van der Waals surface area contributed by atoms with E-state index in [1.54, 1.807) is 0 Å². The molecule has 160 valence electrons. The summed E-state index contributed by atoms with van der Waals surface area (Å²) in [5, 5.41) is 1.41. The first-order valence-electron chi connectivity index (χ1n) is 10.6. The highest BCUT2D eigenvalue weighted by Crippen LogP contribution is 2.27. The quantitative estimate of drug-likeness (QED) is 0.360. The summed E-state index contributed by atoms with van der Waals surface area (Å²) in [5.41, 5.74) is 3.96. The fourth-order valence-corrected chi connectivity index (χ4v) is 4.33. The summed E-state index contributed by atoms with van der Waals surface area (Å²) in [5.74, 6) is 0.270. The average Bonchev–Trinajstić information content (AvgIpc) is 3.46. The van der Waals surface area contributed by atoms with E-state index in [2.05, 4.69) is 22.6 Å². The molecule has 2 aromatic carbocycles. The molecule has 1 atom stereocenters. The predicted octanol–water partition coefficient (Wildman–Crippen LogP) is 4.85. The molecule has 4 nitrogen and oxygen atoms in total. The third kappa shape index (κ3) is 5.42. The van der Waals surface area contributed by atoms with Crippen molar-refractivity contribution in [1.82, 2.24) is 9.55 Å². The lowest BCUT2D eigenvalue weighted by Crippen LogP contribution is -2.33. The first kappa shape index (κ1) is 22.2. The van der Waals surface area contributed by atoms with Gasteiger partial charge in [0.25, 0.3) is 0 Å². The summed E-state index contributed by atoms with van der Waals surface area (Å²) < 4.78 is 13.7. The molecular formula is C24H25BCl2N2O2. The Morgan fingerprint density at radius 3 is 2.55 bits per heavy atom. The Morgan fingerprint density at radius 2 is 1.84 bits per heavy atom. The van der Waals surface area contributed by atoms with Crippen LogP contribution < -0.4 is 5.72 Å². The maximum Gasteiger partial charge on any atom is 0.239 e. The second kappa shape index (κ2) is 10.5. The fourth-order valence-electron chi connectivity index (χ4n) is 3.88. The minimum Gasteiger partial charge on any atom is -0.350 e. The molecule has 1 aliphatic heterocycles. The van der Waals surface area contributed by atoms with E-state index in [9.17, 15) is 0 Å². The second-order valence-electron chi connectivity index (χ2n) is 7.62. The molecule has 0 bridgehead atoms. The van der Waals surface area contributed by atoms with Gasteiger partial charge in [-0.05, 0) is 29.7 Å². The van der Waals surface area contributed by atoms with E-state index in [-0.39, 0.29) is 12.2 Å². The van der Waals surface area contributed by atoms with Gasteiger partial charge < -0.3 is 14.0 Å². The molecule has 0 saturated carbocycles. The number of hydrogen-bond acceptors (Lipinski definition) is 3. The molecule has 1 aliphatic rings. The summed E-state index contributed by atoms with van der Waals surface area (Å²) in [6.07, 6.45) is 6.78. The Hall–Kier alpha value is -2.05. The maximum absolute atomic E-state index is 6.56. The molecule has 31 heavy (non-hydrogen) atoms. The van der Waals surface area contributed by atoms with E-state index < -0.39 is 0 Å². The molecule has 0 radical (unpaired) electrons. The van der Waals surface area contributed by atoms with Crippen molar-refractivity contribution >= 4 is 47.8 Å². The number of hydrogen-bond donors (Lipinski definition) is 0. The van der Waals surface area contributed by atoms with Crippen LogP contribution in [0.3, 0.4) is 0 Å². The third-order valence-corrected chi connectivity index (χ3v) is 6.27. The molecule has 1 aromatic heterocycles. The van der Waals surface area contributed by atoms with Crippen LogP contribution in [0.1, 0.15) is 24.5 Å². The molecule has 4 rings (SSSR count). The van der Waals surface area contributed by atoms with E-state index in [0.717, 1.165) is 35.3 Å². The number of ether oxygens (including phenoxy) is 2. The highest BCUT2D eigenvalue weighted by molar-refractivity contribution is 6.73. The van der Waals surface area contributed by atoms with Crippen molar-refractivity contribution in [2.45, 2.75) is 26.2 Å². The van der Waals surface area contributed by atoms with Crippen LogP contribution in [0, 0.1) is 5.92 Å². The van der Waals surface area contributed by atoms with Crippen molar-refractivity contribution in [3.8, 4) is 0 Å². The molecule has 3 aromatic rings. The molecule has 1 unspecified atom stereocenters. The lowest BCUT2D eigenvalue weighted by Gasteiger charge is -2.22. The van der Waals surface area contributed by atoms with Gasteiger partial charge in [-0.3, -0.25) is 4.98 Å². The molecule has 2 heterocycles. The molecule has 0 N–H and O–H groups in total. The van der Waals surface area contributed by atoms with Crippen molar-refractivity contribution in [1.29, 1.82) is 0 Å². The van der Waals surface area contributed by atoms with Gasteiger partial charge in [0.1, 0.15) is 0 Å². The zero-order chi connectivity index (χ0) is 21.6. The summed E-state index contributed by atoms with van der Waals surface area (Å²) in [6, 6.07) is 15.7. The van der Waals surface area contributed by atoms with Gasteiger partial charge in [0, 0.05) is 34.9 Å². The van der Waals surface area contributed by atoms with E-state index in [1.807, 2.05) is 60.9 Å². The molecule has 0 amide bonds. The van der Waals surface area contributed by atoms with E-state index in [1.165, 1.54) is 0 Å². The van der Waals surface area contributed by atoms with Gasteiger partial charge in [-0.25, -0.2) is 0 Å². The lowest BCUT2D eigenvalue weighted by molar-refractivity contribution is -0.0882. The van der Waals surface area contributed by atoms with Crippen molar-refractivity contribution < 1.29 is 9.47 Å². The zero-order valence-electron chi connectivity index (χ0n) is 17.5. The Balaban J connectivity index is 1.65. The van der Waals surface area contributed by atoms with Crippen LogP contribution in [-0.2, 0) is 16.0 Å². The predicted molar refractivity (Wildman–Crippen MR) is 129 cm³/mol. The van der Waals surface area contributed by atoms with Crippen LogP contribution in [0.15, 0.2) is 60.9 Å². The largest absolute Gasteiger partial charge is 0.350 e. The minimum atomic E-state index is -0.151. The van der Waals surface area contributed by atoms with E-state index >= 15 is 0 Å². The number of halogens is 2. The van der Waals surface area contributed by atoms with Gasteiger partial charge in [0.2, 0.25) is 7.28 Å². The first-order chi connectivity index (χ1) is 15.2. The number of imidazole rings is 1. The van der Waals surface area contributed by atoms with Crippen LogP contribution in [0.4, 0.5) is 0 Å². The van der Waals surface area contributed by atoms with Crippen molar-refractivity contribution in [2.24, 2.45) is 5.92 Å². The van der Waals surface area contributed by atoms with Crippen LogP contribution >= 0.6 is 23.2 Å². The number of rotatable bonds is 8. The number of nitrogens with zero attached hydrogens (tertiary/aromatic N) is 2. The van der Waals surface area contributed by atoms with Crippen LogP contribution in [-0.4, -0.2) is 36.3 Å². The molecule has 1 saturated heterocycles. The fraction of sp³-hybridized carbons (Fsp3) is 0.292. The van der Waals surface area contributed by atoms with Crippen molar-refractivity contribution in [2.75, 3.05) is 13.2 Å². The number of aromatic nitrogens is 2. The molecule has 0 spiro atoms. The summed E-state index contributed by atoms with van der Waals surface area (Å²) in [6.45, 7) is 4.28. The number of benzene rings is 2. The van der Waals surface area contributed by atoms with Crippen LogP contribution in [0.2, 0.25) is 10.0 Å². The third-order valence-electron chi connectivity index (χ3n) is 5.59. The molecular weight excluding hydrogens is 430 g/mol. The van der Waals surface area contributed by atoms with Crippen molar-refractivity contribution in [3.63, 3.8) is 0 Å². The Labute approximate surface area is 194 Å². The van der Waals surface area contributed by atoms with Gasteiger partial charge in [-0.1, -0.05) is 78.1 Å². The van der Waals surface area contributed by atoms with Gasteiger partial charge in [-0.2, -0.15) is 0 Å². The normalized spacial score (nSPS) is 15.9. The molecule has 7 heteroatoms. The Morgan fingerprint density at radius 1 is 1.13 bits per heavy atom. The van der Waals surface area contributed by atoms with Crippen molar-refractivity contribution in [3.05, 3.63) is 82.1 Å². The van der Waals surface area contributed by atoms with Gasteiger partial charge in [0.15, 0.2) is 6.29 Å². The average molecular weight is 455 g/mol. The summed E-state index contributed by atoms with van der Waals surface area (Å²) >= 11 is 13.0. The Bertz CT molecular complexity index is 1050. The Kier molecular flexibility index (Phi) is 7.51. The first-order valence-corrected chi connectivity index (χ1v) is 11.3. The smallest absolute Gasteiger partial charge is 0.239 e. The summed E-state index contributed by atoms with van der Waals surface area (Å²) in [7, 11) is 0.630. The molecule has 1 fully saturated rings.